The van der Waals surface area contributed by atoms with Gasteiger partial charge in [-0.2, -0.15) is 0 Å². The number of allylic oxidation sites excluding steroid dienone is 1. The second-order valence-electron chi connectivity index (χ2n) is 11.8. The minimum atomic E-state index is 0.397. The number of rotatable bonds is 10. The summed E-state index contributed by atoms with van der Waals surface area (Å²) in [7, 11) is 0. The Balaban J connectivity index is 0. The summed E-state index contributed by atoms with van der Waals surface area (Å²) in [5.41, 5.74) is 0.552. The lowest BCUT2D eigenvalue weighted by Gasteiger charge is -2.22. The molecular formula is C29H57BrO. The lowest BCUT2D eigenvalue weighted by Crippen LogP contribution is -2.10. The first-order valence-electron chi connectivity index (χ1n) is 13.2. The van der Waals surface area contributed by atoms with Crippen molar-refractivity contribution in [3.63, 3.8) is 0 Å². The maximum absolute atomic E-state index is 10.4. The van der Waals surface area contributed by atoms with Crippen LogP contribution in [0.15, 0.2) is 6.08 Å². The van der Waals surface area contributed by atoms with Crippen LogP contribution in [-0.2, 0) is 4.79 Å². The van der Waals surface area contributed by atoms with Crippen molar-refractivity contribution >= 4 is 21.9 Å². The molecule has 186 valence electrons. The van der Waals surface area contributed by atoms with Crippen molar-refractivity contribution in [1.82, 2.24) is 0 Å². The van der Waals surface area contributed by atoms with Gasteiger partial charge < -0.3 is 0 Å². The molecule has 1 rings (SSSR count). The topological polar surface area (TPSA) is 17.1 Å². The molecule has 0 spiro atoms. The Labute approximate surface area is 205 Å². The smallest absolute Gasteiger partial charge is 0.120 e. The molecule has 0 aromatic heterocycles. The second kappa shape index (κ2) is 20.5. The van der Waals surface area contributed by atoms with Crippen LogP contribution in [-0.4, -0.2) is 11.3 Å². The Bertz CT molecular complexity index is 413. The summed E-state index contributed by atoms with van der Waals surface area (Å²) in [5.74, 6) is 5.76. The molecule has 1 fully saturated rings. The molecule has 0 aromatic carbocycles. The van der Waals surface area contributed by atoms with E-state index < -0.39 is 0 Å². The van der Waals surface area contributed by atoms with E-state index in [-0.39, 0.29) is 0 Å². The Hall–Kier alpha value is -0.0700. The zero-order valence-electron chi connectivity index (χ0n) is 22.7. The normalized spacial score (nSPS) is 20.5. The molecule has 0 heterocycles. The number of hydrogen-bond acceptors (Lipinski definition) is 1. The Morgan fingerprint density at radius 3 is 1.77 bits per heavy atom. The van der Waals surface area contributed by atoms with Gasteiger partial charge in [-0.25, -0.2) is 4.79 Å². The SMILES string of the molecule is CC(C)CCCC(C)C(C=C=O)CCBr.CC1CCC(C)CC1.CCCCC(C)(C)C. The van der Waals surface area contributed by atoms with E-state index in [1.165, 1.54) is 64.2 Å². The highest BCUT2D eigenvalue weighted by molar-refractivity contribution is 9.09. The van der Waals surface area contributed by atoms with E-state index in [0.29, 0.717) is 17.3 Å². The van der Waals surface area contributed by atoms with Crippen molar-refractivity contribution in [3.05, 3.63) is 6.08 Å². The van der Waals surface area contributed by atoms with Crippen LogP contribution in [0.25, 0.3) is 0 Å². The molecule has 1 aliphatic rings. The van der Waals surface area contributed by atoms with Crippen molar-refractivity contribution in [2.75, 3.05) is 5.33 Å². The van der Waals surface area contributed by atoms with E-state index in [9.17, 15) is 4.79 Å². The average Bonchev–Trinajstić information content (AvgIpc) is 2.68. The van der Waals surface area contributed by atoms with E-state index in [1.54, 1.807) is 6.08 Å². The Morgan fingerprint density at radius 1 is 0.935 bits per heavy atom. The molecule has 1 saturated carbocycles. The predicted molar refractivity (Wildman–Crippen MR) is 146 cm³/mol. The third-order valence-electron chi connectivity index (χ3n) is 6.48. The highest BCUT2D eigenvalue weighted by atomic mass is 79.9. The molecule has 0 N–H and O–H groups in total. The van der Waals surface area contributed by atoms with Crippen LogP contribution >= 0.6 is 15.9 Å². The first-order valence-corrected chi connectivity index (χ1v) is 14.4. The predicted octanol–water partition coefficient (Wildman–Crippen LogP) is 10.3. The van der Waals surface area contributed by atoms with Crippen LogP contribution in [0.2, 0.25) is 0 Å². The van der Waals surface area contributed by atoms with Crippen molar-refractivity contribution in [2.45, 2.75) is 133 Å². The molecule has 31 heavy (non-hydrogen) atoms. The van der Waals surface area contributed by atoms with Gasteiger partial charge in [-0.15, -0.1) is 0 Å². The summed E-state index contributed by atoms with van der Waals surface area (Å²) in [6.07, 6.45) is 16.5. The molecule has 1 aliphatic carbocycles. The van der Waals surface area contributed by atoms with Gasteiger partial charge in [0.25, 0.3) is 0 Å². The molecule has 1 nitrogen and oxygen atoms in total. The third kappa shape index (κ3) is 24.4. The van der Waals surface area contributed by atoms with Crippen LogP contribution < -0.4 is 0 Å². The van der Waals surface area contributed by atoms with Crippen LogP contribution in [0.1, 0.15) is 133 Å². The number of hydrogen-bond donors (Lipinski definition) is 0. The zero-order valence-corrected chi connectivity index (χ0v) is 24.3. The van der Waals surface area contributed by atoms with Crippen LogP contribution in [0.4, 0.5) is 0 Å². The quantitative estimate of drug-likeness (QED) is 0.215. The molecule has 0 aromatic rings. The van der Waals surface area contributed by atoms with Gasteiger partial charge in [0.1, 0.15) is 5.94 Å². The van der Waals surface area contributed by atoms with Crippen molar-refractivity contribution in [1.29, 1.82) is 0 Å². The number of halogens is 1. The minimum absolute atomic E-state index is 0.397. The number of unbranched alkanes of at least 4 members (excludes halogenated alkanes) is 1. The third-order valence-corrected chi connectivity index (χ3v) is 6.94. The molecule has 0 bridgehead atoms. The summed E-state index contributed by atoms with van der Waals surface area (Å²) in [4.78, 5) is 10.4. The Morgan fingerprint density at radius 2 is 1.45 bits per heavy atom. The lowest BCUT2D eigenvalue weighted by atomic mass is 9.84. The monoisotopic (exact) mass is 500 g/mol. The van der Waals surface area contributed by atoms with E-state index in [2.05, 4.69) is 78.2 Å². The summed E-state index contributed by atoms with van der Waals surface area (Å²) in [6.45, 7) is 20.6. The summed E-state index contributed by atoms with van der Waals surface area (Å²) >= 11 is 3.43. The van der Waals surface area contributed by atoms with Crippen molar-refractivity contribution in [3.8, 4) is 0 Å². The summed E-state index contributed by atoms with van der Waals surface area (Å²) in [6, 6.07) is 0. The largest absolute Gasteiger partial charge is 0.234 e. The van der Waals surface area contributed by atoms with Gasteiger partial charge in [-0.1, -0.05) is 136 Å². The molecular weight excluding hydrogens is 444 g/mol. The van der Waals surface area contributed by atoms with Gasteiger partial charge in [-0.05, 0) is 47.8 Å². The first-order chi connectivity index (χ1) is 14.5. The highest BCUT2D eigenvalue weighted by Gasteiger charge is 2.14. The van der Waals surface area contributed by atoms with Crippen LogP contribution in [0.5, 0.6) is 0 Å². The van der Waals surface area contributed by atoms with Gasteiger partial charge in [0.05, 0.1) is 0 Å². The zero-order chi connectivity index (χ0) is 24.3. The van der Waals surface area contributed by atoms with Crippen molar-refractivity contribution < 1.29 is 4.79 Å². The highest BCUT2D eigenvalue weighted by Crippen LogP contribution is 2.27. The van der Waals surface area contributed by atoms with Gasteiger partial charge in [0.2, 0.25) is 0 Å². The molecule has 0 radical (unpaired) electrons. The summed E-state index contributed by atoms with van der Waals surface area (Å²) < 4.78 is 0. The van der Waals surface area contributed by atoms with Gasteiger partial charge in [-0.3, -0.25) is 0 Å². The van der Waals surface area contributed by atoms with Crippen molar-refractivity contribution in [2.24, 2.45) is 35.0 Å². The van der Waals surface area contributed by atoms with Crippen LogP contribution in [0, 0.1) is 35.0 Å². The molecule has 2 atom stereocenters. The van der Waals surface area contributed by atoms with E-state index in [0.717, 1.165) is 29.5 Å². The Kier molecular flexibility index (Phi) is 21.9. The first kappa shape index (κ1) is 33.1. The molecule has 2 unspecified atom stereocenters. The van der Waals surface area contributed by atoms with Gasteiger partial charge in [0.15, 0.2) is 0 Å². The minimum Gasteiger partial charge on any atom is -0.234 e. The van der Waals surface area contributed by atoms with Gasteiger partial charge in [0, 0.05) is 11.4 Å². The molecule has 0 aliphatic heterocycles. The fourth-order valence-corrected chi connectivity index (χ4v) is 4.47. The number of carbonyl (C=O) groups excluding carboxylic acids is 1. The average molecular weight is 502 g/mol. The fraction of sp³-hybridized carbons (Fsp3) is 0.931. The molecule has 0 amide bonds. The van der Waals surface area contributed by atoms with E-state index >= 15 is 0 Å². The maximum atomic E-state index is 10.4. The van der Waals surface area contributed by atoms with Crippen LogP contribution in [0.3, 0.4) is 0 Å². The van der Waals surface area contributed by atoms with Gasteiger partial charge >= 0.3 is 0 Å². The molecule has 0 saturated heterocycles. The van der Waals surface area contributed by atoms with E-state index in [4.69, 9.17) is 0 Å². The standard InChI is InChI=1S/C13H23BrO.C8H16.C8H18/c1-11(2)5-4-6-12(3)13(7-9-14)8-10-15;1-7-3-5-8(2)6-4-7;1-5-6-7-8(2,3)4/h8,11-13H,4-7,9H2,1-3H3;7-8H,3-6H2,1-2H3;5-7H2,1-4H3. The second-order valence-corrected chi connectivity index (χ2v) is 12.6. The lowest BCUT2D eigenvalue weighted by molar-refractivity contribution is 0.308. The fourth-order valence-electron chi connectivity index (χ4n) is 3.94. The maximum Gasteiger partial charge on any atom is 0.120 e. The number of alkyl halides is 1. The summed E-state index contributed by atoms with van der Waals surface area (Å²) in [5, 5.41) is 0.963. The van der Waals surface area contributed by atoms with E-state index in [1.807, 2.05) is 5.94 Å². The molecule has 2 heteroatoms.